The minimum Gasteiger partial charge on any atom is -0.481 e. The zero-order valence-electron chi connectivity index (χ0n) is 11.8. The Kier molecular flexibility index (Phi) is 6.71. The molecule has 0 aliphatic heterocycles. The van der Waals surface area contributed by atoms with E-state index in [1.165, 1.54) is 0 Å². The molecule has 0 bridgehead atoms. The van der Waals surface area contributed by atoms with Crippen molar-refractivity contribution >= 4 is 17.5 Å². The lowest BCUT2D eigenvalue weighted by atomic mass is 10.1. The third-order valence-electron chi connectivity index (χ3n) is 2.85. The van der Waals surface area contributed by atoms with Crippen LogP contribution >= 0.6 is 11.6 Å². The summed E-state index contributed by atoms with van der Waals surface area (Å²) < 4.78 is 5.69. The summed E-state index contributed by atoms with van der Waals surface area (Å²) in [6.45, 7) is 6.04. The van der Waals surface area contributed by atoms with Crippen LogP contribution in [0.2, 0.25) is 5.02 Å². The molecule has 1 amide bonds. The van der Waals surface area contributed by atoms with Crippen molar-refractivity contribution < 1.29 is 9.53 Å². The summed E-state index contributed by atoms with van der Waals surface area (Å²) in [5.41, 5.74) is 0. The van der Waals surface area contributed by atoms with Gasteiger partial charge >= 0.3 is 0 Å². The minimum absolute atomic E-state index is 0.0663. The molecular weight excluding hydrogens is 262 g/mol. The lowest BCUT2D eigenvalue weighted by Crippen LogP contribution is -2.42. The largest absolute Gasteiger partial charge is 0.481 e. The predicted octanol–water partition coefficient (Wildman–Crippen LogP) is 3.80. The number of amides is 1. The maximum absolute atomic E-state index is 12.1. The first-order chi connectivity index (χ1) is 9.06. The highest BCUT2D eigenvalue weighted by atomic mass is 35.5. The molecule has 0 saturated carbocycles. The van der Waals surface area contributed by atoms with E-state index < -0.39 is 6.10 Å². The second-order valence-electron chi connectivity index (χ2n) is 4.67. The van der Waals surface area contributed by atoms with Crippen molar-refractivity contribution in [3.8, 4) is 5.75 Å². The van der Waals surface area contributed by atoms with E-state index in [4.69, 9.17) is 16.3 Å². The Morgan fingerprint density at radius 2 is 2.16 bits per heavy atom. The topological polar surface area (TPSA) is 38.3 Å². The van der Waals surface area contributed by atoms with Gasteiger partial charge < -0.3 is 10.1 Å². The van der Waals surface area contributed by atoms with Gasteiger partial charge in [-0.05, 0) is 38.0 Å². The molecule has 2 atom stereocenters. The monoisotopic (exact) mass is 283 g/mol. The third-order valence-corrected chi connectivity index (χ3v) is 3.08. The van der Waals surface area contributed by atoms with Gasteiger partial charge in [0, 0.05) is 11.1 Å². The molecule has 3 nitrogen and oxygen atoms in total. The fraction of sp³-hybridized carbons (Fsp3) is 0.533. The molecule has 19 heavy (non-hydrogen) atoms. The summed E-state index contributed by atoms with van der Waals surface area (Å²) in [5.74, 6) is 0.557. The molecular formula is C15H22ClNO2. The average Bonchev–Trinajstić information content (AvgIpc) is 2.36. The van der Waals surface area contributed by atoms with E-state index in [2.05, 4.69) is 12.2 Å². The quantitative estimate of drug-likeness (QED) is 0.826. The Bertz CT molecular complexity index is 409. The average molecular weight is 284 g/mol. The molecule has 106 valence electrons. The highest BCUT2D eigenvalue weighted by Crippen LogP contribution is 2.19. The van der Waals surface area contributed by atoms with Crippen LogP contribution in [0.5, 0.6) is 5.75 Å². The maximum atomic E-state index is 12.1. The molecule has 1 aromatic rings. The molecule has 1 N–H and O–H groups in total. The maximum Gasteiger partial charge on any atom is 0.261 e. The first kappa shape index (κ1) is 15.8. The summed E-state index contributed by atoms with van der Waals surface area (Å²) in [4.78, 5) is 12.1. The summed E-state index contributed by atoms with van der Waals surface area (Å²) in [7, 11) is 0. The molecule has 0 spiro atoms. The summed E-state index contributed by atoms with van der Waals surface area (Å²) in [5, 5.41) is 3.57. The normalized spacial score (nSPS) is 13.7. The molecule has 0 heterocycles. The minimum atomic E-state index is -0.474. The number of ether oxygens (including phenoxy) is 1. The van der Waals surface area contributed by atoms with Crippen molar-refractivity contribution in [2.45, 2.75) is 52.2 Å². The molecule has 0 radical (unpaired) electrons. The number of benzene rings is 1. The number of hydrogen-bond donors (Lipinski definition) is 1. The fourth-order valence-electron chi connectivity index (χ4n) is 1.87. The fourth-order valence-corrected chi connectivity index (χ4v) is 2.05. The Morgan fingerprint density at radius 1 is 1.42 bits per heavy atom. The summed E-state index contributed by atoms with van der Waals surface area (Å²) >= 11 is 5.90. The zero-order valence-corrected chi connectivity index (χ0v) is 12.5. The van der Waals surface area contributed by atoms with E-state index in [9.17, 15) is 4.79 Å². The van der Waals surface area contributed by atoms with E-state index in [1.807, 2.05) is 19.9 Å². The van der Waals surface area contributed by atoms with E-state index in [0.29, 0.717) is 17.2 Å². The van der Waals surface area contributed by atoms with Gasteiger partial charge in [-0.2, -0.15) is 0 Å². The Hall–Kier alpha value is -1.22. The molecule has 4 heteroatoms. The van der Waals surface area contributed by atoms with Crippen molar-refractivity contribution in [2.24, 2.45) is 0 Å². The molecule has 0 aliphatic rings. The number of rotatable bonds is 7. The third kappa shape index (κ3) is 5.52. The van der Waals surface area contributed by atoms with Gasteiger partial charge in [0.05, 0.1) is 0 Å². The molecule has 0 fully saturated rings. The zero-order chi connectivity index (χ0) is 14.3. The Morgan fingerprint density at radius 3 is 2.74 bits per heavy atom. The molecule has 0 aliphatic carbocycles. The van der Waals surface area contributed by atoms with Crippen LogP contribution in [-0.2, 0) is 4.79 Å². The van der Waals surface area contributed by atoms with Crippen LogP contribution < -0.4 is 10.1 Å². The van der Waals surface area contributed by atoms with Gasteiger partial charge in [-0.3, -0.25) is 4.79 Å². The second-order valence-corrected chi connectivity index (χ2v) is 5.11. The van der Waals surface area contributed by atoms with E-state index in [1.54, 1.807) is 18.2 Å². The van der Waals surface area contributed by atoms with Gasteiger partial charge in [-0.15, -0.1) is 0 Å². The van der Waals surface area contributed by atoms with Crippen molar-refractivity contribution in [1.29, 1.82) is 0 Å². The molecule has 1 rings (SSSR count). The van der Waals surface area contributed by atoms with Gasteiger partial charge in [0.2, 0.25) is 0 Å². The van der Waals surface area contributed by atoms with Crippen LogP contribution in [0, 0.1) is 0 Å². The van der Waals surface area contributed by atoms with Crippen molar-refractivity contribution in [1.82, 2.24) is 5.32 Å². The summed E-state index contributed by atoms with van der Waals surface area (Å²) in [6, 6.07) is 7.28. The predicted molar refractivity (Wildman–Crippen MR) is 78.7 cm³/mol. The van der Waals surface area contributed by atoms with Crippen LogP contribution in [0.1, 0.15) is 40.0 Å². The molecule has 1 aromatic carbocycles. The highest BCUT2D eigenvalue weighted by molar-refractivity contribution is 6.30. The van der Waals surface area contributed by atoms with Crippen LogP contribution in [0.3, 0.4) is 0 Å². The number of carbonyl (C=O) groups excluding carboxylic acids is 1. The molecule has 0 unspecified atom stereocenters. The molecule has 0 saturated heterocycles. The van der Waals surface area contributed by atoms with Crippen molar-refractivity contribution in [2.75, 3.05) is 0 Å². The van der Waals surface area contributed by atoms with E-state index in [0.717, 1.165) is 12.8 Å². The van der Waals surface area contributed by atoms with Crippen molar-refractivity contribution in [3.05, 3.63) is 29.3 Å². The Balaban J connectivity index is 2.60. The van der Waals surface area contributed by atoms with Gasteiger partial charge in [0.15, 0.2) is 6.10 Å². The van der Waals surface area contributed by atoms with E-state index in [-0.39, 0.29) is 11.9 Å². The van der Waals surface area contributed by atoms with Crippen LogP contribution in [-0.4, -0.2) is 18.1 Å². The van der Waals surface area contributed by atoms with Gasteiger partial charge in [-0.25, -0.2) is 0 Å². The van der Waals surface area contributed by atoms with Crippen LogP contribution in [0.15, 0.2) is 24.3 Å². The van der Waals surface area contributed by atoms with Gasteiger partial charge in [0.1, 0.15) is 5.75 Å². The second kappa shape index (κ2) is 8.05. The first-order valence-corrected chi connectivity index (χ1v) is 7.17. The first-order valence-electron chi connectivity index (χ1n) is 6.79. The number of nitrogens with one attached hydrogen (secondary N) is 1. The van der Waals surface area contributed by atoms with Crippen molar-refractivity contribution in [3.63, 3.8) is 0 Å². The van der Waals surface area contributed by atoms with Crippen LogP contribution in [0.25, 0.3) is 0 Å². The van der Waals surface area contributed by atoms with Gasteiger partial charge in [-0.1, -0.05) is 37.9 Å². The van der Waals surface area contributed by atoms with Crippen LogP contribution in [0.4, 0.5) is 0 Å². The van der Waals surface area contributed by atoms with Gasteiger partial charge in [0.25, 0.3) is 5.91 Å². The lowest BCUT2D eigenvalue weighted by molar-refractivity contribution is -0.128. The lowest BCUT2D eigenvalue weighted by Gasteiger charge is -2.20. The Labute approximate surface area is 120 Å². The number of halogens is 1. The standard InChI is InChI=1S/C15H22ClNO2/c1-4-7-11(3)17-15(18)14(5-2)19-13-9-6-8-12(16)10-13/h6,8-11,14H,4-5,7H2,1-3H3,(H,17,18)/t11-,14+/m1/s1. The highest BCUT2D eigenvalue weighted by Gasteiger charge is 2.19. The van der Waals surface area contributed by atoms with E-state index >= 15 is 0 Å². The summed E-state index contributed by atoms with van der Waals surface area (Å²) in [6.07, 6.45) is 2.17. The number of hydrogen-bond acceptors (Lipinski definition) is 2. The molecule has 0 aromatic heterocycles. The number of carbonyl (C=O) groups is 1. The SMILES string of the molecule is CCC[C@@H](C)NC(=O)[C@H](CC)Oc1cccc(Cl)c1. The smallest absolute Gasteiger partial charge is 0.261 e.